The predicted molar refractivity (Wildman–Crippen MR) is 81.2 cm³/mol. The number of alkyl carbamates (subject to hydrolysis) is 1. The second-order valence-electron chi connectivity index (χ2n) is 6.39. The van der Waals surface area contributed by atoms with Gasteiger partial charge in [-0.25, -0.2) is 4.79 Å². The van der Waals surface area contributed by atoms with Crippen LogP contribution >= 0.6 is 0 Å². The van der Waals surface area contributed by atoms with Gasteiger partial charge in [0, 0.05) is 6.54 Å². The monoisotopic (exact) mass is 267 g/mol. The largest absolute Gasteiger partial charge is 0.449 e. The van der Waals surface area contributed by atoms with Crippen LogP contribution in [0.3, 0.4) is 0 Å². The lowest BCUT2D eigenvalue weighted by Crippen LogP contribution is -2.28. The first-order valence-corrected chi connectivity index (χ1v) is 6.90. The third kappa shape index (κ3) is 13.0. The van der Waals surface area contributed by atoms with E-state index >= 15 is 0 Å². The summed E-state index contributed by atoms with van der Waals surface area (Å²) < 4.78 is 5.11. The van der Waals surface area contributed by atoms with Crippen molar-refractivity contribution in [1.29, 1.82) is 0 Å². The van der Waals surface area contributed by atoms with E-state index in [2.05, 4.69) is 32.2 Å². The van der Waals surface area contributed by atoms with E-state index in [0.29, 0.717) is 13.2 Å². The van der Waals surface area contributed by atoms with Gasteiger partial charge in [0.25, 0.3) is 0 Å². The maximum atomic E-state index is 11.4. The van der Waals surface area contributed by atoms with Gasteiger partial charge in [0.05, 0.1) is 6.61 Å². The second kappa shape index (κ2) is 8.78. The van der Waals surface area contributed by atoms with Gasteiger partial charge in [0.2, 0.25) is 0 Å². The number of ether oxygens (including phenoxy) is 1. The van der Waals surface area contributed by atoms with Crippen molar-refractivity contribution in [1.82, 2.24) is 5.32 Å². The highest BCUT2D eigenvalue weighted by Gasteiger charge is 2.12. The van der Waals surface area contributed by atoms with Crippen LogP contribution in [0.25, 0.3) is 0 Å². The SMILES string of the molecule is CC(C)=CCCC(C)=CCNC(=O)OCC(C)(C)C. The molecular weight excluding hydrogens is 238 g/mol. The molecule has 3 nitrogen and oxygen atoms in total. The number of hydrogen-bond donors (Lipinski definition) is 1. The molecule has 0 atom stereocenters. The summed E-state index contributed by atoms with van der Waals surface area (Å²) in [6, 6.07) is 0. The minimum absolute atomic E-state index is 0.00738. The van der Waals surface area contributed by atoms with E-state index in [0.717, 1.165) is 12.8 Å². The van der Waals surface area contributed by atoms with Crippen LogP contribution in [0.15, 0.2) is 23.3 Å². The van der Waals surface area contributed by atoms with Crippen LogP contribution < -0.4 is 5.32 Å². The van der Waals surface area contributed by atoms with Crippen LogP contribution in [0, 0.1) is 5.41 Å². The van der Waals surface area contributed by atoms with Crippen molar-refractivity contribution < 1.29 is 9.53 Å². The van der Waals surface area contributed by atoms with Crippen LogP contribution in [0.4, 0.5) is 4.79 Å². The summed E-state index contributed by atoms with van der Waals surface area (Å²) in [5.74, 6) is 0. The van der Waals surface area contributed by atoms with Crippen molar-refractivity contribution in [3.05, 3.63) is 23.3 Å². The zero-order valence-electron chi connectivity index (χ0n) is 13.3. The van der Waals surface area contributed by atoms with Gasteiger partial charge < -0.3 is 10.1 Å². The van der Waals surface area contributed by atoms with Crippen molar-refractivity contribution in [2.45, 2.75) is 54.4 Å². The molecule has 0 aromatic rings. The van der Waals surface area contributed by atoms with Crippen molar-refractivity contribution in [2.75, 3.05) is 13.2 Å². The van der Waals surface area contributed by atoms with Crippen molar-refractivity contribution in [3.8, 4) is 0 Å². The lowest BCUT2D eigenvalue weighted by atomic mass is 9.99. The molecule has 0 saturated carbocycles. The van der Waals surface area contributed by atoms with Crippen molar-refractivity contribution >= 4 is 6.09 Å². The fourth-order valence-electron chi connectivity index (χ4n) is 1.33. The van der Waals surface area contributed by atoms with Gasteiger partial charge >= 0.3 is 6.09 Å². The number of nitrogens with one attached hydrogen (secondary N) is 1. The molecule has 0 spiro atoms. The van der Waals surface area contributed by atoms with Gasteiger partial charge in [-0.1, -0.05) is 44.1 Å². The molecular formula is C16H29NO2. The molecule has 1 amide bonds. The summed E-state index contributed by atoms with van der Waals surface area (Å²) in [7, 11) is 0. The summed E-state index contributed by atoms with van der Waals surface area (Å²) in [6.07, 6.45) is 6.01. The molecule has 3 heteroatoms. The van der Waals surface area contributed by atoms with Crippen molar-refractivity contribution in [2.24, 2.45) is 5.41 Å². The standard InChI is InChI=1S/C16H29NO2/c1-13(2)8-7-9-14(3)10-11-17-15(18)19-12-16(4,5)6/h8,10H,7,9,11-12H2,1-6H3,(H,17,18). The molecule has 0 aromatic carbocycles. The lowest BCUT2D eigenvalue weighted by molar-refractivity contribution is 0.107. The lowest BCUT2D eigenvalue weighted by Gasteiger charge is -2.17. The molecule has 0 aromatic heterocycles. The first-order valence-electron chi connectivity index (χ1n) is 6.90. The van der Waals surface area contributed by atoms with E-state index in [-0.39, 0.29) is 11.5 Å². The van der Waals surface area contributed by atoms with Gasteiger partial charge in [-0.05, 0) is 39.0 Å². The minimum Gasteiger partial charge on any atom is -0.449 e. The quantitative estimate of drug-likeness (QED) is 0.722. The Bertz CT molecular complexity index is 331. The van der Waals surface area contributed by atoms with Crippen LogP contribution in [0.1, 0.15) is 54.4 Å². The van der Waals surface area contributed by atoms with Crippen LogP contribution in [0.2, 0.25) is 0 Å². The second-order valence-corrected chi connectivity index (χ2v) is 6.39. The Labute approximate surface area is 118 Å². The fourth-order valence-corrected chi connectivity index (χ4v) is 1.33. The zero-order valence-corrected chi connectivity index (χ0v) is 13.3. The highest BCUT2D eigenvalue weighted by molar-refractivity contribution is 5.67. The number of hydrogen-bond acceptors (Lipinski definition) is 2. The molecule has 0 rings (SSSR count). The molecule has 0 fully saturated rings. The number of carbonyl (C=O) groups excluding carboxylic acids is 1. The molecule has 0 unspecified atom stereocenters. The summed E-state index contributed by atoms with van der Waals surface area (Å²) in [6.45, 7) is 13.4. The molecule has 0 aliphatic rings. The fraction of sp³-hybridized carbons (Fsp3) is 0.688. The molecule has 0 aliphatic heterocycles. The Kier molecular flexibility index (Phi) is 8.21. The van der Waals surface area contributed by atoms with E-state index in [1.54, 1.807) is 0 Å². The van der Waals surface area contributed by atoms with Gasteiger partial charge in [-0.3, -0.25) is 0 Å². The Morgan fingerprint density at radius 1 is 1.16 bits per heavy atom. The predicted octanol–water partition coefficient (Wildman–Crippen LogP) is 4.45. The third-order valence-electron chi connectivity index (χ3n) is 2.42. The molecule has 0 radical (unpaired) electrons. The van der Waals surface area contributed by atoms with E-state index in [1.165, 1.54) is 11.1 Å². The Morgan fingerprint density at radius 3 is 2.32 bits per heavy atom. The molecule has 19 heavy (non-hydrogen) atoms. The third-order valence-corrected chi connectivity index (χ3v) is 2.42. The molecule has 0 saturated heterocycles. The van der Waals surface area contributed by atoms with Crippen LogP contribution in [-0.4, -0.2) is 19.2 Å². The topological polar surface area (TPSA) is 38.3 Å². The van der Waals surface area contributed by atoms with Crippen molar-refractivity contribution in [3.63, 3.8) is 0 Å². The highest BCUT2D eigenvalue weighted by Crippen LogP contribution is 2.12. The van der Waals surface area contributed by atoms with Gasteiger partial charge in [0.15, 0.2) is 0 Å². The van der Waals surface area contributed by atoms with Crippen LogP contribution in [-0.2, 0) is 4.74 Å². The van der Waals surface area contributed by atoms with E-state index < -0.39 is 0 Å². The Morgan fingerprint density at radius 2 is 1.79 bits per heavy atom. The van der Waals surface area contributed by atoms with E-state index in [9.17, 15) is 4.79 Å². The first-order chi connectivity index (χ1) is 8.70. The normalized spacial score (nSPS) is 12.0. The summed E-state index contributed by atoms with van der Waals surface area (Å²) in [5, 5.41) is 2.73. The molecule has 1 N–H and O–H groups in total. The van der Waals surface area contributed by atoms with E-state index in [1.807, 2.05) is 26.8 Å². The van der Waals surface area contributed by atoms with Crippen LogP contribution in [0.5, 0.6) is 0 Å². The van der Waals surface area contributed by atoms with E-state index in [4.69, 9.17) is 4.74 Å². The smallest absolute Gasteiger partial charge is 0.407 e. The average molecular weight is 267 g/mol. The maximum absolute atomic E-state index is 11.4. The Hall–Kier alpha value is -1.25. The summed E-state index contributed by atoms with van der Waals surface area (Å²) >= 11 is 0. The van der Waals surface area contributed by atoms with Gasteiger partial charge in [0.1, 0.15) is 0 Å². The number of rotatable bonds is 6. The first kappa shape index (κ1) is 17.8. The summed E-state index contributed by atoms with van der Waals surface area (Å²) in [4.78, 5) is 11.4. The molecule has 110 valence electrons. The van der Waals surface area contributed by atoms with Gasteiger partial charge in [-0.2, -0.15) is 0 Å². The van der Waals surface area contributed by atoms with Gasteiger partial charge in [-0.15, -0.1) is 0 Å². The minimum atomic E-state index is -0.344. The Balaban J connectivity index is 3.81. The summed E-state index contributed by atoms with van der Waals surface area (Å²) in [5.41, 5.74) is 2.64. The zero-order chi connectivity index (χ0) is 14.9. The number of allylic oxidation sites excluding steroid dienone is 3. The number of amides is 1. The molecule has 0 heterocycles. The maximum Gasteiger partial charge on any atom is 0.407 e. The number of carbonyl (C=O) groups is 1. The highest BCUT2D eigenvalue weighted by atomic mass is 16.5. The average Bonchev–Trinajstić information content (AvgIpc) is 2.25. The molecule has 0 aliphatic carbocycles. The molecule has 0 bridgehead atoms.